The van der Waals surface area contributed by atoms with E-state index >= 15 is 0 Å². The van der Waals surface area contributed by atoms with Gasteiger partial charge in [-0.05, 0) is 30.2 Å². The maximum absolute atomic E-state index is 12.2. The summed E-state index contributed by atoms with van der Waals surface area (Å²) in [4.78, 5) is 13.8. The van der Waals surface area contributed by atoms with E-state index in [1.54, 1.807) is 11.9 Å². The van der Waals surface area contributed by atoms with Gasteiger partial charge in [0.15, 0.2) is 0 Å². The Morgan fingerprint density at radius 3 is 2.33 bits per heavy atom. The van der Waals surface area contributed by atoms with Crippen molar-refractivity contribution in [3.63, 3.8) is 0 Å². The molecule has 0 unspecified atom stereocenters. The molecule has 3 N–H and O–H groups in total. The average molecular weight is 283 g/mol. The first-order valence-corrected chi connectivity index (χ1v) is 6.96. The van der Waals surface area contributed by atoms with Crippen LogP contribution in [-0.2, 0) is 13.1 Å². The van der Waals surface area contributed by atoms with Crippen molar-refractivity contribution in [2.24, 2.45) is 5.73 Å². The van der Waals surface area contributed by atoms with Crippen LogP contribution in [-0.4, -0.2) is 18.0 Å². The monoisotopic (exact) mass is 283 g/mol. The predicted octanol–water partition coefficient (Wildman–Crippen LogP) is 3.12. The second-order valence-corrected chi connectivity index (χ2v) is 5.13. The van der Waals surface area contributed by atoms with Crippen LogP contribution in [0, 0.1) is 6.92 Å². The smallest absolute Gasteiger partial charge is 0.321 e. The van der Waals surface area contributed by atoms with Gasteiger partial charge >= 0.3 is 6.03 Å². The molecule has 4 nitrogen and oxygen atoms in total. The van der Waals surface area contributed by atoms with Crippen molar-refractivity contribution in [3.05, 3.63) is 65.2 Å². The Balaban J connectivity index is 2.01. The molecule has 0 aliphatic rings. The molecular formula is C17H21N3O. The van der Waals surface area contributed by atoms with E-state index in [4.69, 9.17) is 5.73 Å². The van der Waals surface area contributed by atoms with Crippen LogP contribution in [0.3, 0.4) is 0 Å². The number of urea groups is 1. The van der Waals surface area contributed by atoms with Gasteiger partial charge in [0.2, 0.25) is 0 Å². The van der Waals surface area contributed by atoms with Gasteiger partial charge in [-0.1, -0.05) is 42.0 Å². The zero-order chi connectivity index (χ0) is 15.2. The van der Waals surface area contributed by atoms with Gasteiger partial charge in [0.1, 0.15) is 0 Å². The second kappa shape index (κ2) is 6.90. The van der Waals surface area contributed by atoms with E-state index in [2.05, 4.69) is 5.32 Å². The molecule has 0 spiro atoms. The highest BCUT2D eigenvalue weighted by molar-refractivity contribution is 5.89. The molecule has 2 aromatic rings. The molecule has 0 aromatic heterocycles. The van der Waals surface area contributed by atoms with Crippen molar-refractivity contribution in [2.75, 3.05) is 12.4 Å². The standard InChI is InChI=1S/C17H21N3O/c1-13-7-9-16(10-8-13)19-17(21)20(2)12-15-6-4-3-5-14(15)11-18/h3-10H,11-12,18H2,1-2H3,(H,19,21). The third-order valence-corrected chi connectivity index (χ3v) is 3.40. The van der Waals surface area contributed by atoms with Crippen LogP contribution in [0.15, 0.2) is 48.5 Å². The quantitative estimate of drug-likeness (QED) is 0.905. The molecule has 0 atom stereocenters. The number of nitrogens with zero attached hydrogens (tertiary/aromatic N) is 1. The summed E-state index contributed by atoms with van der Waals surface area (Å²) < 4.78 is 0. The Morgan fingerprint density at radius 1 is 1.10 bits per heavy atom. The third kappa shape index (κ3) is 4.07. The molecule has 0 bridgehead atoms. The van der Waals surface area contributed by atoms with Crippen molar-refractivity contribution in [1.82, 2.24) is 4.90 Å². The molecule has 0 saturated carbocycles. The molecule has 2 aromatic carbocycles. The van der Waals surface area contributed by atoms with Gasteiger partial charge in [0, 0.05) is 25.8 Å². The Hall–Kier alpha value is -2.33. The largest absolute Gasteiger partial charge is 0.326 e. The third-order valence-electron chi connectivity index (χ3n) is 3.40. The first kappa shape index (κ1) is 15.1. The fourth-order valence-electron chi connectivity index (χ4n) is 2.09. The van der Waals surface area contributed by atoms with Gasteiger partial charge in [-0.25, -0.2) is 4.79 Å². The van der Waals surface area contributed by atoms with Gasteiger partial charge in [-0.15, -0.1) is 0 Å². The summed E-state index contributed by atoms with van der Waals surface area (Å²) in [5.41, 5.74) is 9.82. The number of nitrogens with one attached hydrogen (secondary N) is 1. The summed E-state index contributed by atoms with van der Waals surface area (Å²) in [5, 5.41) is 2.88. The highest BCUT2D eigenvalue weighted by Crippen LogP contribution is 2.13. The Labute approximate surface area is 125 Å². The minimum absolute atomic E-state index is 0.134. The minimum atomic E-state index is -0.134. The van der Waals surface area contributed by atoms with Crippen molar-refractivity contribution >= 4 is 11.7 Å². The lowest BCUT2D eigenvalue weighted by atomic mass is 10.1. The normalized spacial score (nSPS) is 10.2. The molecule has 0 aliphatic carbocycles. The van der Waals surface area contributed by atoms with Crippen LogP contribution >= 0.6 is 0 Å². The summed E-state index contributed by atoms with van der Waals surface area (Å²) in [7, 11) is 1.77. The van der Waals surface area contributed by atoms with E-state index in [1.807, 2.05) is 55.5 Å². The molecule has 0 aliphatic heterocycles. The molecule has 4 heteroatoms. The summed E-state index contributed by atoms with van der Waals surface area (Å²) in [6.07, 6.45) is 0. The lowest BCUT2D eigenvalue weighted by molar-refractivity contribution is 0.220. The van der Waals surface area contributed by atoms with Gasteiger partial charge < -0.3 is 16.0 Å². The molecule has 0 radical (unpaired) electrons. The number of benzene rings is 2. The van der Waals surface area contributed by atoms with Gasteiger partial charge in [-0.2, -0.15) is 0 Å². The zero-order valence-electron chi connectivity index (χ0n) is 12.5. The maximum atomic E-state index is 12.2. The van der Waals surface area contributed by atoms with Crippen LogP contribution < -0.4 is 11.1 Å². The first-order chi connectivity index (χ1) is 10.1. The molecule has 21 heavy (non-hydrogen) atoms. The number of nitrogens with two attached hydrogens (primary N) is 1. The second-order valence-electron chi connectivity index (χ2n) is 5.13. The molecule has 0 heterocycles. The van der Waals surface area contributed by atoms with E-state index in [-0.39, 0.29) is 6.03 Å². The molecule has 2 rings (SSSR count). The fourth-order valence-corrected chi connectivity index (χ4v) is 2.09. The number of carbonyl (C=O) groups excluding carboxylic acids is 1. The van der Waals surface area contributed by atoms with E-state index in [0.29, 0.717) is 13.1 Å². The lowest BCUT2D eigenvalue weighted by Crippen LogP contribution is -2.31. The summed E-state index contributed by atoms with van der Waals surface area (Å²) >= 11 is 0. The summed E-state index contributed by atoms with van der Waals surface area (Å²) in [6, 6.07) is 15.5. The number of carbonyl (C=O) groups is 1. The predicted molar refractivity (Wildman–Crippen MR) is 86.0 cm³/mol. The van der Waals surface area contributed by atoms with Crippen molar-refractivity contribution in [2.45, 2.75) is 20.0 Å². The molecular weight excluding hydrogens is 262 g/mol. The van der Waals surface area contributed by atoms with Crippen LogP contribution in [0.25, 0.3) is 0 Å². The fraction of sp³-hybridized carbons (Fsp3) is 0.235. The topological polar surface area (TPSA) is 58.4 Å². The number of aryl methyl sites for hydroxylation is 1. The molecule has 0 saturated heterocycles. The number of amides is 2. The van der Waals surface area contributed by atoms with Crippen molar-refractivity contribution in [3.8, 4) is 0 Å². The minimum Gasteiger partial charge on any atom is -0.326 e. The lowest BCUT2D eigenvalue weighted by Gasteiger charge is -2.19. The number of hydrogen-bond acceptors (Lipinski definition) is 2. The maximum Gasteiger partial charge on any atom is 0.321 e. The van der Waals surface area contributed by atoms with E-state index < -0.39 is 0 Å². The van der Waals surface area contributed by atoms with Gasteiger partial charge in [0.05, 0.1) is 0 Å². The molecule has 2 amide bonds. The highest BCUT2D eigenvalue weighted by Gasteiger charge is 2.11. The number of rotatable bonds is 4. The van der Waals surface area contributed by atoms with Gasteiger partial charge in [-0.3, -0.25) is 0 Å². The highest BCUT2D eigenvalue weighted by atomic mass is 16.2. The Morgan fingerprint density at radius 2 is 1.71 bits per heavy atom. The molecule has 0 fully saturated rings. The number of anilines is 1. The van der Waals surface area contributed by atoms with Crippen LogP contribution in [0.2, 0.25) is 0 Å². The first-order valence-electron chi connectivity index (χ1n) is 6.96. The van der Waals surface area contributed by atoms with Crippen molar-refractivity contribution < 1.29 is 4.79 Å². The van der Waals surface area contributed by atoms with Crippen LogP contribution in [0.4, 0.5) is 10.5 Å². The summed E-state index contributed by atoms with van der Waals surface area (Å²) in [6.45, 7) is 3.02. The van der Waals surface area contributed by atoms with E-state index in [1.165, 1.54) is 5.56 Å². The van der Waals surface area contributed by atoms with E-state index in [9.17, 15) is 4.79 Å². The van der Waals surface area contributed by atoms with Crippen LogP contribution in [0.5, 0.6) is 0 Å². The average Bonchev–Trinajstić information content (AvgIpc) is 2.50. The Kier molecular flexibility index (Phi) is 4.95. The summed E-state index contributed by atoms with van der Waals surface area (Å²) in [5.74, 6) is 0. The Bertz CT molecular complexity index is 608. The van der Waals surface area contributed by atoms with Crippen LogP contribution in [0.1, 0.15) is 16.7 Å². The van der Waals surface area contributed by atoms with Crippen molar-refractivity contribution in [1.29, 1.82) is 0 Å². The zero-order valence-corrected chi connectivity index (χ0v) is 12.5. The van der Waals surface area contributed by atoms with E-state index in [0.717, 1.165) is 16.8 Å². The molecule has 110 valence electrons. The SMILES string of the molecule is Cc1ccc(NC(=O)N(C)Cc2ccccc2CN)cc1. The number of hydrogen-bond donors (Lipinski definition) is 2. The van der Waals surface area contributed by atoms with Gasteiger partial charge in [0.25, 0.3) is 0 Å².